The van der Waals surface area contributed by atoms with Gasteiger partial charge < -0.3 is 4.74 Å². The minimum atomic E-state index is -0.186. The van der Waals surface area contributed by atoms with E-state index in [0.29, 0.717) is 11.6 Å². The maximum Gasteiger partial charge on any atom is 0.236 e. The molecule has 29 heavy (non-hydrogen) atoms. The van der Waals surface area contributed by atoms with Crippen molar-refractivity contribution in [3.8, 4) is 11.4 Å². The summed E-state index contributed by atoms with van der Waals surface area (Å²) in [7, 11) is 0. The maximum atomic E-state index is 6.36. The molecule has 0 amide bonds. The highest BCUT2D eigenvalue weighted by Crippen LogP contribution is 2.40. The summed E-state index contributed by atoms with van der Waals surface area (Å²) in [4.78, 5) is 14.1. The number of ether oxygens (including phenoxy) is 1. The highest BCUT2D eigenvalue weighted by atomic mass is 16.5. The average molecular weight is 377 g/mol. The fraction of sp³-hybridized carbons (Fsp3) is 0.0800. The number of aliphatic imine (C=N–C) groups is 1. The largest absolute Gasteiger partial charge is 0.465 e. The van der Waals surface area contributed by atoms with Gasteiger partial charge in [-0.15, -0.1) is 0 Å². The zero-order valence-corrected chi connectivity index (χ0v) is 15.7. The predicted molar refractivity (Wildman–Crippen MR) is 113 cm³/mol. The van der Waals surface area contributed by atoms with E-state index in [0.717, 1.165) is 22.5 Å². The van der Waals surface area contributed by atoms with Crippen LogP contribution in [0.2, 0.25) is 0 Å². The molecule has 2 aromatic carbocycles. The van der Waals surface area contributed by atoms with Gasteiger partial charge in [0.2, 0.25) is 5.90 Å². The maximum absolute atomic E-state index is 6.36. The number of nitrogens with zero attached hydrogens (tertiary/aromatic N) is 3. The van der Waals surface area contributed by atoms with Crippen LogP contribution >= 0.6 is 0 Å². The third kappa shape index (κ3) is 3.52. The number of rotatable bonds is 4. The van der Waals surface area contributed by atoms with E-state index in [1.165, 1.54) is 0 Å². The Bertz CT molecular complexity index is 1130. The van der Waals surface area contributed by atoms with Crippen LogP contribution in [-0.2, 0) is 4.74 Å². The van der Waals surface area contributed by atoms with Gasteiger partial charge in [-0.2, -0.15) is 0 Å². The van der Waals surface area contributed by atoms with Gasteiger partial charge in [-0.05, 0) is 35.4 Å². The molecule has 4 nitrogen and oxygen atoms in total. The lowest BCUT2D eigenvalue weighted by Crippen LogP contribution is -2.10. The highest BCUT2D eigenvalue weighted by Gasteiger charge is 2.34. The summed E-state index contributed by atoms with van der Waals surface area (Å²) in [6.45, 7) is 0. The Morgan fingerprint density at radius 2 is 1.24 bits per heavy atom. The summed E-state index contributed by atoms with van der Waals surface area (Å²) in [6.07, 6.45) is 1.58. The van der Waals surface area contributed by atoms with Gasteiger partial charge in [0.25, 0.3) is 0 Å². The summed E-state index contributed by atoms with van der Waals surface area (Å²) < 4.78 is 6.36. The molecule has 0 fully saturated rings. The van der Waals surface area contributed by atoms with Gasteiger partial charge in [-0.1, -0.05) is 72.8 Å². The van der Waals surface area contributed by atoms with E-state index in [1.54, 1.807) is 6.20 Å². The van der Waals surface area contributed by atoms with E-state index in [-0.39, 0.29) is 12.1 Å². The summed E-state index contributed by atoms with van der Waals surface area (Å²) >= 11 is 0. The average Bonchev–Trinajstić information content (AvgIpc) is 3.27. The fourth-order valence-corrected chi connectivity index (χ4v) is 3.54. The van der Waals surface area contributed by atoms with Gasteiger partial charge in [0.05, 0.1) is 11.4 Å². The van der Waals surface area contributed by atoms with Crippen LogP contribution in [0.3, 0.4) is 0 Å². The monoisotopic (exact) mass is 377 g/mol. The van der Waals surface area contributed by atoms with Crippen LogP contribution in [0.5, 0.6) is 0 Å². The van der Waals surface area contributed by atoms with Crippen molar-refractivity contribution in [2.24, 2.45) is 4.99 Å². The van der Waals surface area contributed by atoms with Gasteiger partial charge in [-0.3, -0.25) is 4.98 Å². The minimum Gasteiger partial charge on any atom is -0.465 e. The molecule has 5 rings (SSSR count). The number of hydrogen-bond donors (Lipinski definition) is 0. The Morgan fingerprint density at radius 3 is 1.97 bits per heavy atom. The van der Waals surface area contributed by atoms with Crippen molar-refractivity contribution in [3.05, 3.63) is 120 Å². The van der Waals surface area contributed by atoms with E-state index in [2.05, 4.69) is 29.2 Å². The van der Waals surface area contributed by atoms with Crippen molar-refractivity contribution in [3.63, 3.8) is 0 Å². The number of benzene rings is 2. The molecule has 0 spiro atoms. The molecular formula is C25H19N3O. The Kier molecular flexibility index (Phi) is 4.59. The zero-order chi connectivity index (χ0) is 19.5. The lowest BCUT2D eigenvalue weighted by Gasteiger charge is -2.18. The molecule has 140 valence electrons. The van der Waals surface area contributed by atoms with E-state index in [9.17, 15) is 0 Å². The standard InChI is InChI=1S/C25H19N3O/c1-3-10-18(11-4-1)23-24(19-12-5-2-6-13-19)29-25(28-23)22-16-9-15-21(27-22)20-14-7-8-17-26-20/h1-17,23-24H/t23-,24+/m1/s1. The molecule has 0 N–H and O–H groups in total. The van der Waals surface area contributed by atoms with Crippen LogP contribution in [0.1, 0.15) is 29.0 Å². The van der Waals surface area contributed by atoms with Crippen molar-refractivity contribution in [1.82, 2.24) is 9.97 Å². The van der Waals surface area contributed by atoms with Crippen LogP contribution in [0.4, 0.5) is 0 Å². The van der Waals surface area contributed by atoms with Crippen molar-refractivity contribution in [1.29, 1.82) is 0 Å². The molecule has 0 unspecified atom stereocenters. The molecule has 2 atom stereocenters. The summed E-state index contributed by atoms with van der Waals surface area (Å²) in [6, 6.07) is 32.0. The number of pyridine rings is 2. The first-order chi connectivity index (χ1) is 14.4. The molecule has 1 aliphatic rings. The lowest BCUT2D eigenvalue weighted by atomic mass is 9.97. The molecule has 4 heteroatoms. The van der Waals surface area contributed by atoms with Crippen LogP contribution in [0.25, 0.3) is 11.4 Å². The third-order valence-corrected chi connectivity index (χ3v) is 4.95. The second kappa shape index (κ2) is 7.68. The number of aromatic nitrogens is 2. The SMILES string of the molecule is c1ccc([C@H]2N=C(c3cccc(-c4ccccn4)n3)O[C@H]2c2ccccc2)cc1. The summed E-state index contributed by atoms with van der Waals surface area (Å²) in [5.41, 5.74) is 4.56. The highest BCUT2D eigenvalue weighted by molar-refractivity contribution is 5.94. The Labute approximate surface area is 169 Å². The first-order valence-corrected chi connectivity index (χ1v) is 9.62. The molecule has 1 aliphatic heterocycles. The number of hydrogen-bond acceptors (Lipinski definition) is 4. The van der Waals surface area contributed by atoms with Crippen molar-refractivity contribution in [2.45, 2.75) is 12.1 Å². The Balaban J connectivity index is 1.54. The fourth-order valence-electron chi connectivity index (χ4n) is 3.54. The zero-order valence-electron chi connectivity index (χ0n) is 15.7. The molecule has 0 bridgehead atoms. The Morgan fingerprint density at radius 1 is 0.586 bits per heavy atom. The minimum absolute atomic E-state index is 0.117. The van der Waals surface area contributed by atoms with E-state index in [4.69, 9.17) is 14.7 Å². The molecule has 0 saturated heterocycles. The molecule has 2 aromatic heterocycles. The Hall–Kier alpha value is -3.79. The lowest BCUT2D eigenvalue weighted by molar-refractivity contribution is 0.196. The molecular weight excluding hydrogens is 358 g/mol. The summed E-state index contributed by atoms with van der Waals surface area (Å²) in [5.74, 6) is 0.561. The predicted octanol–water partition coefficient (Wildman–Crippen LogP) is 5.40. The van der Waals surface area contributed by atoms with E-state index < -0.39 is 0 Å². The molecule has 0 radical (unpaired) electrons. The van der Waals surface area contributed by atoms with Crippen LogP contribution in [0, 0.1) is 0 Å². The topological polar surface area (TPSA) is 47.4 Å². The van der Waals surface area contributed by atoms with Crippen LogP contribution in [-0.4, -0.2) is 15.9 Å². The quantitative estimate of drug-likeness (QED) is 0.478. The first-order valence-electron chi connectivity index (χ1n) is 9.62. The van der Waals surface area contributed by atoms with Crippen molar-refractivity contribution >= 4 is 5.90 Å². The normalized spacial score (nSPS) is 18.1. The van der Waals surface area contributed by atoms with E-state index in [1.807, 2.05) is 72.8 Å². The smallest absolute Gasteiger partial charge is 0.236 e. The second-order valence-corrected chi connectivity index (χ2v) is 6.86. The van der Waals surface area contributed by atoms with Gasteiger partial charge in [-0.25, -0.2) is 9.98 Å². The first kappa shape index (κ1) is 17.3. The van der Waals surface area contributed by atoms with Gasteiger partial charge in [0.1, 0.15) is 11.7 Å². The summed E-state index contributed by atoms with van der Waals surface area (Å²) in [5, 5.41) is 0. The molecule has 3 heterocycles. The van der Waals surface area contributed by atoms with Crippen molar-refractivity contribution < 1.29 is 4.74 Å². The second-order valence-electron chi connectivity index (χ2n) is 6.86. The van der Waals surface area contributed by atoms with Crippen LogP contribution < -0.4 is 0 Å². The van der Waals surface area contributed by atoms with Crippen molar-refractivity contribution in [2.75, 3.05) is 0 Å². The molecule has 0 aliphatic carbocycles. The van der Waals surface area contributed by atoms with Gasteiger partial charge in [0, 0.05) is 6.20 Å². The van der Waals surface area contributed by atoms with Gasteiger partial charge >= 0.3 is 0 Å². The molecule has 0 saturated carbocycles. The van der Waals surface area contributed by atoms with Gasteiger partial charge in [0.15, 0.2) is 6.10 Å². The third-order valence-electron chi connectivity index (χ3n) is 4.95. The van der Waals surface area contributed by atoms with E-state index >= 15 is 0 Å². The van der Waals surface area contributed by atoms with Crippen LogP contribution in [0.15, 0.2) is 108 Å². The molecule has 4 aromatic rings.